The second kappa shape index (κ2) is 10.2. The van der Waals surface area contributed by atoms with Crippen LogP contribution in [0, 0.1) is 0 Å². The Balaban J connectivity index is 1.70. The summed E-state index contributed by atoms with van der Waals surface area (Å²) < 4.78 is 17.8. The zero-order valence-electron chi connectivity index (χ0n) is 16.1. The van der Waals surface area contributed by atoms with Gasteiger partial charge in [0.1, 0.15) is 12.4 Å². The van der Waals surface area contributed by atoms with Crippen molar-refractivity contribution in [2.75, 3.05) is 14.2 Å². The summed E-state index contributed by atoms with van der Waals surface area (Å²) in [5.74, 6) is 2.33. The highest BCUT2D eigenvalue weighted by Gasteiger charge is 2.13. The van der Waals surface area contributed by atoms with Gasteiger partial charge in [0, 0.05) is 23.1 Å². The average Bonchev–Trinajstić information content (AvgIpc) is 2.74. The van der Waals surface area contributed by atoms with Crippen molar-refractivity contribution in [3.63, 3.8) is 0 Å². The standard InChI is InChI=1S/C23H24BrNO3/c1-26-21-10-8-17(9-11-21)14-25-15-19-12-20(24)13-22(27-2)23(19)28-16-18-6-4-3-5-7-18/h3-13,25H,14-16H2,1-2H3. The molecule has 0 unspecified atom stereocenters. The maximum Gasteiger partial charge on any atom is 0.166 e. The van der Waals surface area contributed by atoms with Gasteiger partial charge < -0.3 is 19.5 Å². The molecule has 3 aromatic carbocycles. The smallest absolute Gasteiger partial charge is 0.166 e. The van der Waals surface area contributed by atoms with Crippen molar-refractivity contribution < 1.29 is 14.2 Å². The van der Waals surface area contributed by atoms with E-state index in [0.717, 1.165) is 33.6 Å². The molecule has 0 saturated carbocycles. The molecule has 0 spiro atoms. The number of hydrogen-bond donors (Lipinski definition) is 1. The zero-order valence-corrected chi connectivity index (χ0v) is 17.7. The van der Waals surface area contributed by atoms with Crippen molar-refractivity contribution in [1.82, 2.24) is 5.32 Å². The first kappa shape index (κ1) is 20.2. The van der Waals surface area contributed by atoms with E-state index in [-0.39, 0.29) is 0 Å². The van der Waals surface area contributed by atoms with Crippen molar-refractivity contribution in [2.24, 2.45) is 0 Å². The zero-order chi connectivity index (χ0) is 19.8. The topological polar surface area (TPSA) is 39.7 Å². The van der Waals surface area contributed by atoms with Crippen LogP contribution in [-0.4, -0.2) is 14.2 Å². The van der Waals surface area contributed by atoms with Gasteiger partial charge in [0.2, 0.25) is 0 Å². The minimum Gasteiger partial charge on any atom is -0.497 e. The van der Waals surface area contributed by atoms with E-state index < -0.39 is 0 Å². The third-order valence-electron chi connectivity index (χ3n) is 4.35. The Morgan fingerprint density at radius 2 is 1.57 bits per heavy atom. The van der Waals surface area contributed by atoms with E-state index in [4.69, 9.17) is 14.2 Å². The Hall–Kier alpha value is -2.50. The van der Waals surface area contributed by atoms with Gasteiger partial charge in [0.25, 0.3) is 0 Å². The maximum atomic E-state index is 6.13. The molecule has 0 saturated heterocycles. The van der Waals surface area contributed by atoms with Gasteiger partial charge in [-0.2, -0.15) is 0 Å². The van der Waals surface area contributed by atoms with E-state index >= 15 is 0 Å². The van der Waals surface area contributed by atoms with E-state index in [2.05, 4.69) is 39.4 Å². The Morgan fingerprint density at radius 1 is 0.821 bits per heavy atom. The lowest BCUT2D eigenvalue weighted by Gasteiger charge is -2.16. The molecule has 5 heteroatoms. The number of methoxy groups -OCH3 is 2. The van der Waals surface area contributed by atoms with Gasteiger partial charge in [-0.25, -0.2) is 0 Å². The fraction of sp³-hybridized carbons (Fsp3) is 0.217. The molecular formula is C23H24BrNO3. The summed E-state index contributed by atoms with van der Waals surface area (Å²) in [6.45, 7) is 1.90. The summed E-state index contributed by atoms with van der Waals surface area (Å²) in [6.07, 6.45) is 0. The number of halogens is 1. The van der Waals surface area contributed by atoms with Crippen molar-refractivity contribution >= 4 is 15.9 Å². The maximum absolute atomic E-state index is 6.13. The number of nitrogens with one attached hydrogen (secondary N) is 1. The Labute approximate surface area is 174 Å². The molecule has 0 amide bonds. The van der Waals surface area contributed by atoms with Crippen molar-refractivity contribution in [2.45, 2.75) is 19.7 Å². The van der Waals surface area contributed by atoms with Crippen molar-refractivity contribution in [3.05, 3.63) is 87.9 Å². The average molecular weight is 442 g/mol. The highest BCUT2D eigenvalue weighted by Crippen LogP contribution is 2.35. The Bertz CT molecular complexity index is 882. The van der Waals surface area contributed by atoms with Gasteiger partial charge in [0.15, 0.2) is 11.5 Å². The molecule has 0 heterocycles. The van der Waals surface area contributed by atoms with Gasteiger partial charge in [-0.1, -0.05) is 58.4 Å². The molecule has 0 fully saturated rings. The molecule has 0 atom stereocenters. The lowest BCUT2D eigenvalue weighted by atomic mass is 10.1. The van der Waals surface area contributed by atoms with Crippen molar-refractivity contribution in [1.29, 1.82) is 0 Å². The summed E-state index contributed by atoms with van der Waals surface area (Å²) in [5, 5.41) is 3.48. The SMILES string of the molecule is COc1ccc(CNCc2cc(Br)cc(OC)c2OCc2ccccc2)cc1. The quantitative estimate of drug-likeness (QED) is 0.486. The minimum atomic E-state index is 0.490. The molecule has 4 nitrogen and oxygen atoms in total. The fourth-order valence-electron chi connectivity index (χ4n) is 2.88. The number of benzene rings is 3. The van der Waals surface area contributed by atoms with E-state index in [1.54, 1.807) is 14.2 Å². The molecule has 0 aromatic heterocycles. The predicted octanol–water partition coefficient (Wildman–Crippen LogP) is 5.34. The Kier molecular flexibility index (Phi) is 7.34. The number of hydrogen-bond acceptors (Lipinski definition) is 4. The fourth-order valence-corrected chi connectivity index (χ4v) is 3.37. The van der Waals surface area contributed by atoms with Gasteiger partial charge in [-0.05, 0) is 35.4 Å². The molecule has 1 N–H and O–H groups in total. The van der Waals surface area contributed by atoms with Gasteiger partial charge in [-0.15, -0.1) is 0 Å². The second-order valence-corrected chi connectivity index (χ2v) is 7.24. The third-order valence-corrected chi connectivity index (χ3v) is 4.80. The second-order valence-electron chi connectivity index (χ2n) is 6.32. The molecular weight excluding hydrogens is 418 g/mol. The van der Waals surface area contributed by atoms with Crippen LogP contribution in [0.2, 0.25) is 0 Å². The van der Waals surface area contributed by atoms with Crippen molar-refractivity contribution in [3.8, 4) is 17.2 Å². The molecule has 28 heavy (non-hydrogen) atoms. The van der Waals surface area contributed by atoms with E-state index in [0.29, 0.717) is 18.9 Å². The largest absolute Gasteiger partial charge is 0.497 e. The number of ether oxygens (including phenoxy) is 3. The molecule has 0 aliphatic rings. The summed E-state index contributed by atoms with van der Waals surface area (Å²) in [7, 11) is 3.33. The normalized spacial score (nSPS) is 10.5. The molecule has 146 valence electrons. The van der Waals surface area contributed by atoms with E-state index in [9.17, 15) is 0 Å². The lowest BCUT2D eigenvalue weighted by Crippen LogP contribution is -2.14. The van der Waals surface area contributed by atoms with Crippen LogP contribution in [0.4, 0.5) is 0 Å². The van der Waals surface area contributed by atoms with Crippen LogP contribution < -0.4 is 19.5 Å². The molecule has 3 rings (SSSR count). The Morgan fingerprint density at radius 3 is 2.25 bits per heavy atom. The van der Waals surface area contributed by atoms with E-state index in [1.165, 1.54) is 5.56 Å². The summed E-state index contributed by atoms with van der Waals surface area (Å²) >= 11 is 3.56. The summed E-state index contributed by atoms with van der Waals surface area (Å²) in [5.41, 5.74) is 3.34. The first-order valence-electron chi connectivity index (χ1n) is 9.06. The molecule has 3 aromatic rings. The number of rotatable bonds is 9. The lowest BCUT2D eigenvalue weighted by molar-refractivity contribution is 0.280. The third kappa shape index (κ3) is 5.50. The van der Waals surface area contributed by atoms with Crippen LogP contribution in [0.3, 0.4) is 0 Å². The molecule has 0 aliphatic heterocycles. The first-order valence-corrected chi connectivity index (χ1v) is 9.85. The van der Waals surface area contributed by atoms with Gasteiger partial charge >= 0.3 is 0 Å². The van der Waals surface area contributed by atoms with Crippen LogP contribution in [-0.2, 0) is 19.7 Å². The monoisotopic (exact) mass is 441 g/mol. The van der Waals surface area contributed by atoms with Crippen LogP contribution >= 0.6 is 15.9 Å². The van der Waals surface area contributed by atoms with Gasteiger partial charge in [-0.3, -0.25) is 0 Å². The van der Waals surface area contributed by atoms with Gasteiger partial charge in [0.05, 0.1) is 14.2 Å². The van der Waals surface area contributed by atoms with Crippen LogP contribution in [0.25, 0.3) is 0 Å². The minimum absolute atomic E-state index is 0.490. The van der Waals surface area contributed by atoms with Crippen LogP contribution in [0.15, 0.2) is 71.2 Å². The van der Waals surface area contributed by atoms with E-state index in [1.807, 2.05) is 48.5 Å². The molecule has 0 aliphatic carbocycles. The highest BCUT2D eigenvalue weighted by atomic mass is 79.9. The highest BCUT2D eigenvalue weighted by molar-refractivity contribution is 9.10. The molecule has 0 bridgehead atoms. The van der Waals surface area contributed by atoms with Crippen LogP contribution in [0.5, 0.6) is 17.2 Å². The summed E-state index contributed by atoms with van der Waals surface area (Å²) in [4.78, 5) is 0. The van der Waals surface area contributed by atoms with Crippen LogP contribution in [0.1, 0.15) is 16.7 Å². The summed E-state index contributed by atoms with van der Waals surface area (Å²) in [6, 6.07) is 22.1. The molecule has 0 radical (unpaired) electrons. The first-order chi connectivity index (χ1) is 13.7. The predicted molar refractivity (Wildman–Crippen MR) is 115 cm³/mol.